The van der Waals surface area contributed by atoms with Gasteiger partial charge in [-0.25, -0.2) is 0 Å². The van der Waals surface area contributed by atoms with Crippen LogP contribution in [-0.2, 0) is 4.79 Å². The molecule has 1 saturated heterocycles. The maximum Gasteiger partial charge on any atom is 0.252 e. The molecule has 0 bridgehead atoms. The lowest BCUT2D eigenvalue weighted by atomic mass is 9.96. The molecule has 2 heterocycles. The Morgan fingerprint density at radius 2 is 2.20 bits per heavy atom. The molecule has 1 aromatic heterocycles. The molecule has 2 aromatic rings. The van der Waals surface area contributed by atoms with Gasteiger partial charge in [0, 0.05) is 30.0 Å². The van der Waals surface area contributed by atoms with Crippen LogP contribution in [0.25, 0.3) is 10.8 Å². The number of methoxy groups -OCH3 is 1. The summed E-state index contributed by atoms with van der Waals surface area (Å²) < 4.78 is 5.34. The van der Waals surface area contributed by atoms with Crippen LogP contribution in [-0.4, -0.2) is 29.9 Å². The van der Waals surface area contributed by atoms with E-state index in [1.807, 2.05) is 12.1 Å². The van der Waals surface area contributed by atoms with Gasteiger partial charge in [-0.3, -0.25) is 14.6 Å². The fourth-order valence-corrected chi connectivity index (χ4v) is 4.14. The number of benzene rings is 1. The van der Waals surface area contributed by atoms with Gasteiger partial charge in [0.2, 0.25) is 5.91 Å². The molecule has 2 aliphatic rings. The Labute approximate surface area is 145 Å². The number of aromatic nitrogens is 1. The molecule has 6 heteroatoms. The molecule has 1 aromatic carbocycles. The molecule has 2 amide bonds. The summed E-state index contributed by atoms with van der Waals surface area (Å²) in [5.74, 6) is 1.19. The predicted molar refractivity (Wildman–Crippen MR) is 93.4 cm³/mol. The molecule has 1 aliphatic carbocycles. The highest BCUT2D eigenvalue weighted by molar-refractivity contribution is 6.01. The number of hydrogen-bond acceptors (Lipinski definition) is 4. The molecule has 3 N–H and O–H groups in total. The third-order valence-corrected chi connectivity index (χ3v) is 5.48. The zero-order chi connectivity index (χ0) is 17.7. The fraction of sp³-hybridized carbons (Fsp3) is 0.421. The van der Waals surface area contributed by atoms with Crippen LogP contribution in [0.5, 0.6) is 5.75 Å². The lowest BCUT2D eigenvalue weighted by molar-refractivity contribution is -0.119. The smallest absolute Gasteiger partial charge is 0.252 e. The van der Waals surface area contributed by atoms with Gasteiger partial charge in [0.15, 0.2) is 0 Å². The van der Waals surface area contributed by atoms with Crippen LogP contribution in [0, 0.1) is 11.8 Å². The zero-order valence-electron chi connectivity index (χ0n) is 14.3. The maximum atomic E-state index is 11.6. The number of nitrogens with one attached hydrogen (secondary N) is 1. The van der Waals surface area contributed by atoms with Crippen molar-refractivity contribution in [1.82, 2.24) is 10.3 Å². The summed E-state index contributed by atoms with van der Waals surface area (Å²) in [6, 6.07) is 5.71. The number of pyridine rings is 1. The standard InChI is InChI=1S/C19H21N3O3/c1-9-5-16(23)22-17(9)12-7-13(12)18-11-8-15(25-2)14(19(20)24)6-10(11)3-4-21-18/h3-4,6,8-9,12-13,17H,5,7H2,1-2H3,(H2,20,24)(H,22,23). The van der Waals surface area contributed by atoms with Crippen LogP contribution < -0.4 is 15.8 Å². The van der Waals surface area contributed by atoms with Gasteiger partial charge in [0.05, 0.1) is 18.4 Å². The van der Waals surface area contributed by atoms with Gasteiger partial charge in [0.25, 0.3) is 5.91 Å². The lowest BCUT2D eigenvalue weighted by Crippen LogP contribution is -2.30. The van der Waals surface area contributed by atoms with Crippen molar-refractivity contribution >= 4 is 22.6 Å². The summed E-state index contributed by atoms with van der Waals surface area (Å²) in [4.78, 5) is 27.9. The SMILES string of the molecule is COc1cc2c(C3CC3C3NC(=O)CC3C)nccc2cc1C(N)=O. The van der Waals surface area contributed by atoms with E-state index in [9.17, 15) is 9.59 Å². The van der Waals surface area contributed by atoms with Crippen LogP contribution in [0.3, 0.4) is 0 Å². The first-order valence-corrected chi connectivity index (χ1v) is 8.55. The van der Waals surface area contributed by atoms with Gasteiger partial charge >= 0.3 is 0 Å². The van der Waals surface area contributed by atoms with Crippen molar-refractivity contribution in [3.63, 3.8) is 0 Å². The lowest BCUT2D eigenvalue weighted by Gasteiger charge is -2.15. The van der Waals surface area contributed by atoms with Crippen molar-refractivity contribution in [1.29, 1.82) is 0 Å². The van der Waals surface area contributed by atoms with Crippen molar-refractivity contribution in [2.75, 3.05) is 7.11 Å². The van der Waals surface area contributed by atoms with Crippen molar-refractivity contribution in [3.8, 4) is 5.75 Å². The number of nitrogens with zero attached hydrogens (tertiary/aromatic N) is 1. The largest absolute Gasteiger partial charge is 0.496 e. The normalized spacial score (nSPS) is 28.0. The average molecular weight is 339 g/mol. The molecule has 4 atom stereocenters. The first kappa shape index (κ1) is 15.9. The zero-order valence-corrected chi connectivity index (χ0v) is 14.3. The second-order valence-corrected chi connectivity index (χ2v) is 7.11. The number of rotatable bonds is 4. The highest BCUT2D eigenvalue weighted by Gasteiger charge is 2.49. The molecule has 4 rings (SSSR count). The number of hydrogen-bond donors (Lipinski definition) is 2. The van der Waals surface area contributed by atoms with Crippen LogP contribution in [0.15, 0.2) is 24.4 Å². The number of carbonyl (C=O) groups excluding carboxylic acids is 2. The summed E-state index contributed by atoms with van der Waals surface area (Å²) in [6.45, 7) is 2.12. The topological polar surface area (TPSA) is 94.3 Å². The summed E-state index contributed by atoms with van der Waals surface area (Å²) in [5.41, 5.74) is 6.83. The third kappa shape index (κ3) is 2.62. The first-order valence-electron chi connectivity index (χ1n) is 8.55. The summed E-state index contributed by atoms with van der Waals surface area (Å²) in [7, 11) is 1.53. The molecular weight excluding hydrogens is 318 g/mol. The van der Waals surface area contributed by atoms with E-state index < -0.39 is 5.91 Å². The van der Waals surface area contributed by atoms with Gasteiger partial charge in [-0.1, -0.05) is 6.92 Å². The minimum atomic E-state index is -0.510. The Hall–Kier alpha value is -2.63. The molecule has 2 fully saturated rings. The molecule has 0 radical (unpaired) electrons. The summed E-state index contributed by atoms with van der Waals surface area (Å²) in [5, 5.41) is 5.01. The minimum Gasteiger partial charge on any atom is -0.496 e. The Bertz CT molecular complexity index is 880. The van der Waals surface area contributed by atoms with Crippen LogP contribution in [0.4, 0.5) is 0 Å². The van der Waals surface area contributed by atoms with Crippen molar-refractivity contribution in [2.24, 2.45) is 17.6 Å². The van der Waals surface area contributed by atoms with Crippen LogP contribution in [0.2, 0.25) is 0 Å². The summed E-state index contributed by atoms with van der Waals surface area (Å²) in [6.07, 6.45) is 3.38. The second-order valence-electron chi connectivity index (χ2n) is 7.11. The van der Waals surface area contributed by atoms with Gasteiger partial charge in [-0.05, 0) is 41.8 Å². The highest BCUT2D eigenvalue weighted by atomic mass is 16.5. The molecule has 1 aliphatic heterocycles. The van der Waals surface area contributed by atoms with Gasteiger partial charge in [-0.2, -0.15) is 0 Å². The number of carbonyl (C=O) groups is 2. The van der Waals surface area contributed by atoms with E-state index in [2.05, 4.69) is 17.2 Å². The van der Waals surface area contributed by atoms with E-state index in [4.69, 9.17) is 10.5 Å². The molecule has 0 spiro atoms. The summed E-state index contributed by atoms with van der Waals surface area (Å²) >= 11 is 0. The van der Waals surface area contributed by atoms with E-state index in [1.54, 1.807) is 12.3 Å². The van der Waals surface area contributed by atoms with Crippen molar-refractivity contribution in [3.05, 3.63) is 35.7 Å². The molecule has 25 heavy (non-hydrogen) atoms. The van der Waals surface area contributed by atoms with E-state index in [0.717, 1.165) is 22.9 Å². The average Bonchev–Trinajstić information content (AvgIpc) is 3.30. The molecule has 4 unspecified atom stereocenters. The first-order chi connectivity index (χ1) is 12.0. The fourth-order valence-electron chi connectivity index (χ4n) is 4.14. The van der Waals surface area contributed by atoms with E-state index in [0.29, 0.717) is 35.5 Å². The number of amides is 2. The van der Waals surface area contributed by atoms with E-state index >= 15 is 0 Å². The Morgan fingerprint density at radius 1 is 1.40 bits per heavy atom. The van der Waals surface area contributed by atoms with E-state index in [-0.39, 0.29) is 11.9 Å². The van der Waals surface area contributed by atoms with Gasteiger partial charge in [-0.15, -0.1) is 0 Å². The van der Waals surface area contributed by atoms with Gasteiger partial charge in [0.1, 0.15) is 5.75 Å². The Kier molecular flexibility index (Phi) is 3.63. The monoisotopic (exact) mass is 339 g/mol. The van der Waals surface area contributed by atoms with Crippen LogP contribution >= 0.6 is 0 Å². The molecule has 6 nitrogen and oxygen atoms in total. The number of nitrogens with two attached hydrogens (primary N) is 1. The predicted octanol–water partition coefficient (Wildman–Crippen LogP) is 1.97. The number of fused-ring (bicyclic) bond motifs is 1. The molecular formula is C19H21N3O3. The molecule has 1 saturated carbocycles. The highest BCUT2D eigenvalue weighted by Crippen LogP contribution is 2.53. The third-order valence-electron chi connectivity index (χ3n) is 5.48. The van der Waals surface area contributed by atoms with Crippen molar-refractivity contribution < 1.29 is 14.3 Å². The Morgan fingerprint density at radius 3 is 2.84 bits per heavy atom. The quantitative estimate of drug-likeness (QED) is 0.890. The number of ether oxygens (including phenoxy) is 1. The minimum absolute atomic E-state index is 0.141. The maximum absolute atomic E-state index is 11.6. The van der Waals surface area contributed by atoms with Crippen LogP contribution in [0.1, 0.15) is 41.7 Å². The molecule has 130 valence electrons. The van der Waals surface area contributed by atoms with Crippen molar-refractivity contribution in [2.45, 2.75) is 31.7 Å². The number of primary amides is 1. The van der Waals surface area contributed by atoms with Gasteiger partial charge < -0.3 is 15.8 Å². The second kappa shape index (κ2) is 5.72. The Balaban J connectivity index is 1.71. The van der Waals surface area contributed by atoms with E-state index in [1.165, 1.54) is 7.11 Å².